The minimum absolute atomic E-state index is 0.364. The van der Waals surface area contributed by atoms with Crippen molar-refractivity contribution in [3.63, 3.8) is 0 Å². The Morgan fingerprint density at radius 1 is 1.64 bits per heavy atom. The van der Waals surface area contributed by atoms with E-state index in [1.165, 1.54) is 0 Å². The standard InChI is InChI=1S/C4H3Cl3N2OS/c5-4(6,7)3(8-1-10)9-2-11/h1,3H,(H,8,10). The van der Waals surface area contributed by atoms with Gasteiger partial charge in [-0.25, -0.2) is 4.99 Å². The monoisotopic (exact) mass is 232 g/mol. The first-order valence-electron chi connectivity index (χ1n) is 2.35. The summed E-state index contributed by atoms with van der Waals surface area (Å²) in [6, 6.07) is 0. The Kier molecular flexibility index (Phi) is 4.97. The van der Waals surface area contributed by atoms with Gasteiger partial charge in [0.05, 0.1) is 5.16 Å². The third kappa shape index (κ3) is 4.56. The number of hydrogen-bond acceptors (Lipinski definition) is 3. The van der Waals surface area contributed by atoms with E-state index in [1.807, 2.05) is 5.16 Å². The quantitative estimate of drug-likeness (QED) is 0.348. The second-order valence-electron chi connectivity index (χ2n) is 1.45. The van der Waals surface area contributed by atoms with Crippen molar-refractivity contribution in [1.29, 1.82) is 0 Å². The first kappa shape index (κ1) is 11.1. The number of amides is 1. The molecule has 0 heterocycles. The van der Waals surface area contributed by atoms with Crippen molar-refractivity contribution in [3.8, 4) is 0 Å². The summed E-state index contributed by atoms with van der Waals surface area (Å²) in [6.07, 6.45) is -0.620. The fraction of sp³-hybridized carbons (Fsp3) is 0.500. The summed E-state index contributed by atoms with van der Waals surface area (Å²) in [7, 11) is 0. The van der Waals surface area contributed by atoms with Gasteiger partial charge in [-0.1, -0.05) is 34.8 Å². The van der Waals surface area contributed by atoms with Gasteiger partial charge in [0.25, 0.3) is 0 Å². The molecule has 0 aromatic carbocycles. The molecule has 1 unspecified atom stereocenters. The number of rotatable bonds is 3. The number of nitrogens with zero attached hydrogens (tertiary/aromatic N) is 1. The fourth-order valence-corrected chi connectivity index (χ4v) is 0.763. The van der Waals surface area contributed by atoms with E-state index < -0.39 is 9.96 Å². The molecule has 7 heteroatoms. The van der Waals surface area contributed by atoms with Gasteiger partial charge in [-0.15, -0.1) is 0 Å². The van der Waals surface area contributed by atoms with Crippen LogP contribution in [0.5, 0.6) is 0 Å². The zero-order valence-corrected chi connectivity index (χ0v) is 8.14. The Bertz CT molecular complexity index is 186. The van der Waals surface area contributed by atoms with Crippen LogP contribution in [0.3, 0.4) is 0 Å². The fourth-order valence-electron chi connectivity index (χ4n) is 0.322. The zero-order valence-electron chi connectivity index (χ0n) is 5.05. The normalized spacial score (nSPS) is 13.0. The number of alkyl halides is 3. The lowest BCUT2D eigenvalue weighted by molar-refractivity contribution is -0.110. The van der Waals surface area contributed by atoms with Gasteiger partial charge in [-0.3, -0.25) is 4.79 Å². The number of thiocarbonyl (C=S) groups is 1. The lowest BCUT2D eigenvalue weighted by atomic mass is 10.6. The van der Waals surface area contributed by atoms with Gasteiger partial charge < -0.3 is 5.32 Å². The zero-order chi connectivity index (χ0) is 8.91. The van der Waals surface area contributed by atoms with Crippen molar-refractivity contribution >= 4 is 58.6 Å². The lowest BCUT2D eigenvalue weighted by Crippen LogP contribution is -2.37. The second-order valence-corrected chi connectivity index (χ2v) is 4.00. The number of nitrogens with one attached hydrogen (secondary N) is 1. The molecule has 0 rings (SSSR count). The van der Waals surface area contributed by atoms with E-state index in [0.717, 1.165) is 0 Å². The Balaban J connectivity index is 4.32. The van der Waals surface area contributed by atoms with E-state index >= 15 is 0 Å². The molecule has 0 bridgehead atoms. The molecule has 0 aliphatic heterocycles. The van der Waals surface area contributed by atoms with E-state index in [1.54, 1.807) is 0 Å². The Morgan fingerprint density at radius 2 is 2.18 bits per heavy atom. The van der Waals surface area contributed by atoms with Crippen LogP contribution in [0.2, 0.25) is 0 Å². The maximum Gasteiger partial charge on any atom is 0.231 e. The van der Waals surface area contributed by atoms with Crippen LogP contribution in [0, 0.1) is 0 Å². The first-order chi connectivity index (χ1) is 5.02. The van der Waals surface area contributed by atoms with Crippen molar-refractivity contribution in [2.75, 3.05) is 0 Å². The number of carbonyl (C=O) groups excluding carboxylic acids is 1. The van der Waals surface area contributed by atoms with Crippen LogP contribution in [0.25, 0.3) is 0 Å². The summed E-state index contributed by atoms with van der Waals surface area (Å²) in [5.41, 5.74) is 0. The molecule has 0 radical (unpaired) electrons. The number of hydrogen-bond donors (Lipinski definition) is 1. The van der Waals surface area contributed by atoms with Crippen molar-refractivity contribution in [2.45, 2.75) is 9.96 Å². The largest absolute Gasteiger partial charge is 0.333 e. The molecule has 0 aliphatic rings. The molecule has 1 N–H and O–H groups in total. The van der Waals surface area contributed by atoms with E-state index in [0.29, 0.717) is 6.41 Å². The summed E-state index contributed by atoms with van der Waals surface area (Å²) in [5, 5.41) is 4.14. The molecule has 3 nitrogen and oxygen atoms in total. The van der Waals surface area contributed by atoms with E-state index in [9.17, 15) is 4.79 Å². The molecule has 0 saturated heterocycles. The van der Waals surface area contributed by atoms with Crippen molar-refractivity contribution in [3.05, 3.63) is 0 Å². The van der Waals surface area contributed by atoms with Crippen molar-refractivity contribution in [2.24, 2.45) is 4.99 Å². The maximum absolute atomic E-state index is 9.93. The third-order valence-corrected chi connectivity index (χ3v) is 1.44. The lowest BCUT2D eigenvalue weighted by Gasteiger charge is -2.17. The van der Waals surface area contributed by atoms with Crippen molar-refractivity contribution in [1.82, 2.24) is 5.32 Å². The van der Waals surface area contributed by atoms with Crippen molar-refractivity contribution < 1.29 is 4.79 Å². The number of isothiocyanates is 1. The molecule has 0 aliphatic carbocycles. The number of halogens is 3. The van der Waals surface area contributed by atoms with Gasteiger partial charge in [0, 0.05) is 0 Å². The Morgan fingerprint density at radius 3 is 2.45 bits per heavy atom. The highest BCUT2D eigenvalue weighted by molar-refractivity contribution is 7.78. The summed E-state index contributed by atoms with van der Waals surface area (Å²) in [6.45, 7) is 0. The van der Waals surface area contributed by atoms with Gasteiger partial charge in [0.15, 0.2) is 6.17 Å². The molecule has 0 spiro atoms. The molecule has 0 saturated carbocycles. The highest BCUT2D eigenvalue weighted by Gasteiger charge is 2.31. The molecule has 0 fully saturated rings. The topological polar surface area (TPSA) is 41.5 Å². The van der Waals surface area contributed by atoms with Crippen LogP contribution in [0.1, 0.15) is 0 Å². The van der Waals surface area contributed by atoms with Crippen LogP contribution in [-0.2, 0) is 4.79 Å². The van der Waals surface area contributed by atoms with Gasteiger partial charge in [-0.2, -0.15) is 0 Å². The van der Waals surface area contributed by atoms with Crippen LogP contribution >= 0.6 is 47.0 Å². The highest BCUT2D eigenvalue weighted by atomic mass is 35.6. The molecule has 1 amide bonds. The highest BCUT2D eigenvalue weighted by Crippen LogP contribution is 2.30. The summed E-state index contributed by atoms with van der Waals surface area (Å²) < 4.78 is -1.70. The van der Waals surface area contributed by atoms with Gasteiger partial charge >= 0.3 is 0 Å². The molecule has 0 aromatic heterocycles. The maximum atomic E-state index is 9.93. The summed E-state index contributed by atoms with van der Waals surface area (Å²) >= 11 is 20.4. The SMILES string of the molecule is O=CNC(N=C=S)C(Cl)(Cl)Cl. The summed E-state index contributed by atoms with van der Waals surface area (Å²) in [4.78, 5) is 13.3. The molecular weight excluding hydrogens is 230 g/mol. The van der Waals surface area contributed by atoms with E-state index in [2.05, 4.69) is 22.5 Å². The Hall–Kier alpha value is 0.140. The third-order valence-electron chi connectivity index (χ3n) is 0.718. The van der Waals surface area contributed by atoms with Crippen LogP contribution in [0.4, 0.5) is 0 Å². The molecule has 0 aromatic rings. The average Bonchev–Trinajstić information content (AvgIpc) is 1.85. The van der Waals surface area contributed by atoms with E-state index in [4.69, 9.17) is 34.8 Å². The number of aliphatic imine (C=N–C) groups is 1. The number of carbonyl (C=O) groups is 1. The van der Waals surface area contributed by atoms with Crippen LogP contribution in [0.15, 0.2) is 4.99 Å². The molecule has 11 heavy (non-hydrogen) atoms. The van der Waals surface area contributed by atoms with Gasteiger partial charge in [-0.05, 0) is 12.2 Å². The molecule has 62 valence electrons. The van der Waals surface area contributed by atoms with E-state index in [-0.39, 0.29) is 0 Å². The predicted octanol–water partition coefficient (Wildman–Crippen LogP) is 1.53. The Labute approximate surface area is 83.7 Å². The van der Waals surface area contributed by atoms with Gasteiger partial charge in [0.2, 0.25) is 10.2 Å². The molecular formula is C4H3Cl3N2OS. The minimum Gasteiger partial charge on any atom is -0.333 e. The van der Waals surface area contributed by atoms with Gasteiger partial charge in [0.1, 0.15) is 0 Å². The van der Waals surface area contributed by atoms with Crippen LogP contribution in [-0.4, -0.2) is 21.5 Å². The first-order valence-corrected chi connectivity index (χ1v) is 3.90. The summed E-state index contributed by atoms with van der Waals surface area (Å²) in [5.74, 6) is 0. The average molecular weight is 234 g/mol. The van der Waals surface area contributed by atoms with Crippen LogP contribution < -0.4 is 5.32 Å². The molecule has 1 atom stereocenters. The minimum atomic E-state index is -1.70. The second kappa shape index (κ2) is 4.91. The smallest absolute Gasteiger partial charge is 0.231 e. The predicted molar refractivity (Wildman–Crippen MR) is 48.3 cm³/mol.